The van der Waals surface area contributed by atoms with Crippen LogP contribution in [0.2, 0.25) is 0 Å². The van der Waals surface area contributed by atoms with Crippen LogP contribution in [0.4, 0.5) is 0 Å². The Morgan fingerprint density at radius 2 is 1.04 bits per heavy atom. The molecule has 28 heavy (non-hydrogen) atoms. The molecule has 0 saturated carbocycles. The molecule has 2 atom stereocenters. The van der Waals surface area contributed by atoms with Gasteiger partial charge in [-0.15, -0.1) is 0 Å². The first-order valence-electron chi connectivity index (χ1n) is 11.5. The van der Waals surface area contributed by atoms with Crippen molar-refractivity contribution in [1.29, 1.82) is 0 Å². The van der Waals surface area contributed by atoms with E-state index >= 15 is 0 Å². The Labute approximate surface area is 218 Å². The molecule has 0 aromatic carbocycles. The molecule has 0 aliphatic rings. The summed E-state index contributed by atoms with van der Waals surface area (Å²) in [7, 11) is -4.16. The van der Waals surface area contributed by atoms with Gasteiger partial charge in [-0.3, -0.25) is 0 Å². The number of unbranched alkanes of at least 4 members (excludes halogenated alkanes) is 11. The van der Waals surface area contributed by atoms with Crippen molar-refractivity contribution >= 4 is 10.1 Å². The van der Waals surface area contributed by atoms with Crippen molar-refractivity contribution in [3.8, 4) is 0 Å². The second-order valence-electron chi connectivity index (χ2n) is 8.17. The Morgan fingerprint density at radius 3 is 1.46 bits per heavy atom. The number of hydrogen-bond donors (Lipinski definition) is 1. The summed E-state index contributed by atoms with van der Waals surface area (Å²) in [4.78, 5) is 0. The SMILES string of the molecule is CCCCCCCCCCCCC(O)CCCCCC(CCC)S(=O)(=O)[O-].[K+]. The molecule has 0 aromatic heterocycles. The summed E-state index contributed by atoms with van der Waals surface area (Å²) in [5.74, 6) is 0. The molecule has 0 aromatic rings. The normalized spacial score (nSPS) is 13.9. The van der Waals surface area contributed by atoms with E-state index < -0.39 is 15.4 Å². The van der Waals surface area contributed by atoms with E-state index in [0.717, 1.165) is 44.9 Å². The van der Waals surface area contributed by atoms with Gasteiger partial charge in [0.2, 0.25) is 0 Å². The Hall–Kier alpha value is 1.51. The van der Waals surface area contributed by atoms with Crippen molar-refractivity contribution in [2.24, 2.45) is 0 Å². The molecule has 0 rings (SSSR count). The summed E-state index contributed by atoms with van der Waals surface area (Å²) in [5, 5.41) is 9.33. The smallest absolute Gasteiger partial charge is 0.748 e. The van der Waals surface area contributed by atoms with Crippen molar-refractivity contribution in [2.45, 2.75) is 141 Å². The summed E-state index contributed by atoms with van der Waals surface area (Å²) >= 11 is 0. The average molecular weight is 445 g/mol. The van der Waals surface area contributed by atoms with Crippen LogP contribution in [-0.4, -0.2) is 29.4 Å². The van der Waals surface area contributed by atoms with Crippen LogP contribution < -0.4 is 51.4 Å². The molecule has 1 N–H and O–H groups in total. The van der Waals surface area contributed by atoms with Crippen LogP contribution >= 0.6 is 0 Å². The maximum atomic E-state index is 11.2. The van der Waals surface area contributed by atoms with Crippen molar-refractivity contribution in [1.82, 2.24) is 0 Å². The molecule has 0 fully saturated rings. The fourth-order valence-corrected chi connectivity index (χ4v) is 4.68. The van der Waals surface area contributed by atoms with E-state index in [1.807, 2.05) is 6.92 Å². The second kappa shape index (κ2) is 21.7. The predicted octanol–water partition coefficient (Wildman–Crippen LogP) is 3.33. The van der Waals surface area contributed by atoms with Gasteiger partial charge in [-0.2, -0.15) is 0 Å². The topological polar surface area (TPSA) is 77.4 Å². The van der Waals surface area contributed by atoms with Crippen LogP contribution in [0.15, 0.2) is 0 Å². The van der Waals surface area contributed by atoms with Gasteiger partial charge in [0.25, 0.3) is 0 Å². The van der Waals surface area contributed by atoms with Crippen LogP contribution in [-0.2, 0) is 10.1 Å². The van der Waals surface area contributed by atoms with Gasteiger partial charge in [0.15, 0.2) is 0 Å². The van der Waals surface area contributed by atoms with Crippen LogP contribution in [0, 0.1) is 0 Å². The first kappa shape index (κ1) is 31.7. The number of aliphatic hydroxyl groups is 1. The minimum Gasteiger partial charge on any atom is -0.748 e. The molecule has 0 heterocycles. The van der Waals surface area contributed by atoms with Gasteiger partial charge in [-0.05, 0) is 25.7 Å². The zero-order valence-corrected chi connectivity index (χ0v) is 22.9. The third-order valence-electron chi connectivity index (χ3n) is 5.47. The monoisotopic (exact) mass is 444 g/mol. The summed E-state index contributed by atoms with van der Waals surface area (Å²) in [6, 6.07) is 0. The third-order valence-corrected chi connectivity index (χ3v) is 6.76. The third kappa shape index (κ3) is 20.8. The van der Waals surface area contributed by atoms with E-state index in [1.54, 1.807) is 0 Å². The maximum absolute atomic E-state index is 11.2. The van der Waals surface area contributed by atoms with Gasteiger partial charge in [0.05, 0.1) is 16.2 Å². The molecule has 0 bridgehead atoms. The molecule has 6 heteroatoms. The minimum atomic E-state index is -4.16. The quantitative estimate of drug-likeness (QED) is 0.177. The van der Waals surface area contributed by atoms with Crippen molar-refractivity contribution in [3.05, 3.63) is 0 Å². The van der Waals surface area contributed by atoms with Crippen molar-refractivity contribution in [2.75, 3.05) is 0 Å². The second-order valence-corrected chi connectivity index (χ2v) is 9.82. The zero-order valence-electron chi connectivity index (χ0n) is 19.0. The molecular formula is C22H45KO4S. The average Bonchev–Trinajstić information content (AvgIpc) is 2.61. The van der Waals surface area contributed by atoms with Crippen molar-refractivity contribution in [3.63, 3.8) is 0 Å². The predicted molar refractivity (Wildman–Crippen MR) is 114 cm³/mol. The molecule has 0 saturated heterocycles. The zero-order chi connectivity index (χ0) is 20.4. The van der Waals surface area contributed by atoms with E-state index in [0.29, 0.717) is 12.8 Å². The Bertz CT molecular complexity index is 415. The molecule has 0 spiro atoms. The van der Waals surface area contributed by atoms with E-state index in [4.69, 9.17) is 0 Å². The standard InChI is InChI=1S/C22H46O4S.K/c1-3-5-6-7-8-9-10-11-12-14-18-21(23)19-15-13-16-20-22(17-4-2)27(24,25)26;/h21-23H,3-20H2,1-2H3,(H,24,25,26);/q;+1/p-1. The molecule has 4 nitrogen and oxygen atoms in total. The maximum Gasteiger partial charge on any atom is 1.00 e. The minimum absolute atomic E-state index is 0. The van der Waals surface area contributed by atoms with Gasteiger partial charge in [-0.25, -0.2) is 8.42 Å². The first-order chi connectivity index (χ1) is 12.9. The van der Waals surface area contributed by atoms with Crippen LogP contribution in [0.1, 0.15) is 129 Å². The van der Waals surface area contributed by atoms with E-state index in [-0.39, 0.29) is 57.5 Å². The molecule has 0 amide bonds. The van der Waals surface area contributed by atoms with Crippen molar-refractivity contribution < 1.29 is 69.5 Å². The van der Waals surface area contributed by atoms with E-state index in [2.05, 4.69) is 6.92 Å². The molecule has 2 unspecified atom stereocenters. The molecular weight excluding hydrogens is 399 g/mol. The van der Waals surface area contributed by atoms with Crippen LogP contribution in [0.25, 0.3) is 0 Å². The molecule has 0 radical (unpaired) electrons. The molecule has 0 aliphatic carbocycles. The number of aliphatic hydroxyl groups excluding tert-OH is 1. The van der Waals surface area contributed by atoms with Gasteiger partial charge in [0.1, 0.15) is 0 Å². The van der Waals surface area contributed by atoms with Crippen LogP contribution in [0.3, 0.4) is 0 Å². The summed E-state index contributed by atoms with van der Waals surface area (Å²) < 4.78 is 33.5. The Kier molecular flexibility index (Phi) is 24.6. The summed E-state index contributed by atoms with van der Waals surface area (Å²) in [5.41, 5.74) is 0. The van der Waals surface area contributed by atoms with E-state index in [1.165, 1.54) is 57.8 Å². The number of rotatable bonds is 20. The van der Waals surface area contributed by atoms with E-state index in [9.17, 15) is 18.1 Å². The fourth-order valence-electron chi connectivity index (χ4n) is 3.70. The first-order valence-corrected chi connectivity index (χ1v) is 13.0. The van der Waals surface area contributed by atoms with Gasteiger partial charge in [0, 0.05) is 5.25 Å². The largest absolute Gasteiger partial charge is 1.00 e. The van der Waals surface area contributed by atoms with Gasteiger partial charge >= 0.3 is 51.4 Å². The summed E-state index contributed by atoms with van der Waals surface area (Å²) in [6.45, 7) is 4.15. The Morgan fingerprint density at radius 1 is 0.643 bits per heavy atom. The van der Waals surface area contributed by atoms with Gasteiger partial charge < -0.3 is 9.66 Å². The number of hydrogen-bond acceptors (Lipinski definition) is 4. The Balaban J connectivity index is 0. The fraction of sp³-hybridized carbons (Fsp3) is 1.00. The van der Waals surface area contributed by atoms with Crippen LogP contribution in [0.5, 0.6) is 0 Å². The van der Waals surface area contributed by atoms with Gasteiger partial charge in [-0.1, -0.05) is 104 Å². The molecule has 164 valence electrons. The summed E-state index contributed by atoms with van der Waals surface area (Å²) in [6.07, 6.45) is 18.8. The molecule has 0 aliphatic heterocycles.